The topological polar surface area (TPSA) is 65.1 Å². The summed E-state index contributed by atoms with van der Waals surface area (Å²) >= 11 is 0. The lowest BCUT2D eigenvalue weighted by Gasteiger charge is -2.43. The van der Waals surface area contributed by atoms with Crippen molar-refractivity contribution in [2.75, 3.05) is 13.8 Å². The van der Waals surface area contributed by atoms with Crippen LogP contribution >= 0.6 is 0 Å². The number of methoxy groups -OCH3 is 1. The van der Waals surface area contributed by atoms with Gasteiger partial charge in [0, 0.05) is 12.5 Å². The molecular weight excluding hydrogens is 353 g/mol. The fourth-order valence-corrected chi connectivity index (χ4v) is 2.35. The minimum Gasteiger partial charge on any atom is -0.457 e. The van der Waals surface area contributed by atoms with Gasteiger partial charge in [0.15, 0.2) is 0 Å². The minimum atomic E-state index is -2.79. The Morgan fingerprint density at radius 2 is 1.59 bits per heavy atom. The van der Waals surface area contributed by atoms with E-state index in [-0.39, 0.29) is 6.61 Å². The summed E-state index contributed by atoms with van der Waals surface area (Å²) in [5.74, 6) is -3.97. The van der Waals surface area contributed by atoms with E-state index in [4.69, 9.17) is 14.2 Å². The number of esters is 1. The Hall–Kier alpha value is -2.15. The van der Waals surface area contributed by atoms with E-state index in [2.05, 4.69) is 0 Å². The molecule has 0 spiro atoms. The van der Waals surface area contributed by atoms with Crippen molar-refractivity contribution >= 4 is 12.1 Å². The molecule has 0 unspecified atom stereocenters. The van der Waals surface area contributed by atoms with Crippen molar-refractivity contribution in [3.63, 3.8) is 0 Å². The first-order valence-electron chi connectivity index (χ1n) is 8.72. The molecule has 0 radical (unpaired) electrons. The minimum absolute atomic E-state index is 0.115. The highest BCUT2D eigenvalue weighted by Gasteiger charge is 2.58. The van der Waals surface area contributed by atoms with Crippen LogP contribution in [0.5, 0.6) is 0 Å². The molecule has 0 aliphatic carbocycles. The molecule has 27 heavy (non-hydrogen) atoms. The van der Waals surface area contributed by atoms with Gasteiger partial charge >= 0.3 is 12.1 Å². The largest absolute Gasteiger partial charge is 0.457 e. The summed E-state index contributed by atoms with van der Waals surface area (Å²) in [5.41, 5.74) is -1.45. The summed E-state index contributed by atoms with van der Waals surface area (Å²) in [4.78, 5) is 26.0. The van der Waals surface area contributed by atoms with Gasteiger partial charge in [0.25, 0.3) is 5.79 Å². The second-order valence-electron chi connectivity index (χ2n) is 8.26. The van der Waals surface area contributed by atoms with Crippen LogP contribution < -0.4 is 0 Å². The molecule has 152 valence electrons. The molecule has 0 aliphatic rings. The monoisotopic (exact) mass is 383 g/mol. The molecule has 1 rings (SSSR count). The third kappa shape index (κ3) is 5.92. The molecule has 7 heteroatoms. The molecule has 1 aromatic carbocycles. The average molecular weight is 383 g/mol. The maximum absolute atomic E-state index is 16.1. The number of hydrogen-bond acceptors (Lipinski definition) is 5. The number of carbonyl (C=O) groups excluding carboxylic acids is 2. The standard InChI is InChI=1S/C20H30FNO5/c1-18(2,3)20(21,16(23)26-13-15-11-9-8-10-12-15)22(14-25-7)17(24)27-19(4,5)6/h8-12H,13-14H2,1-7H3/t20-/m1/s1. The lowest BCUT2D eigenvalue weighted by Crippen LogP contribution is -2.62. The van der Waals surface area contributed by atoms with Crippen molar-refractivity contribution in [2.45, 2.75) is 59.5 Å². The fourth-order valence-electron chi connectivity index (χ4n) is 2.35. The van der Waals surface area contributed by atoms with Crippen LogP contribution in [0, 0.1) is 5.41 Å². The van der Waals surface area contributed by atoms with Crippen molar-refractivity contribution in [1.29, 1.82) is 0 Å². The molecule has 0 fully saturated rings. The van der Waals surface area contributed by atoms with E-state index >= 15 is 4.39 Å². The molecule has 0 N–H and O–H groups in total. The molecule has 6 nitrogen and oxygen atoms in total. The lowest BCUT2D eigenvalue weighted by molar-refractivity contribution is -0.198. The van der Waals surface area contributed by atoms with Gasteiger partial charge in [0.2, 0.25) is 0 Å². The van der Waals surface area contributed by atoms with Crippen LogP contribution in [0.3, 0.4) is 0 Å². The summed E-state index contributed by atoms with van der Waals surface area (Å²) in [6, 6.07) is 8.90. The number of hydrogen-bond donors (Lipinski definition) is 0. The second kappa shape index (κ2) is 8.69. The highest BCUT2D eigenvalue weighted by Crippen LogP contribution is 2.39. The molecule has 0 saturated carbocycles. The number of carbonyl (C=O) groups is 2. The molecule has 0 aliphatic heterocycles. The van der Waals surface area contributed by atoms with Crippen LogP contribution in [-0.2, 0) is 25.6 Å². The number of ether oxygens (including phenoxy) is 3. The van der Waals surface area contributed by atoms with E-state index in [9.17, 15) is 9.59 Å². The quantitative estimate of drug-likeness (QED) is 0.417. The zero-order chi connectivity index (χ0) is 20.9. The van der Waals surface area contributed by atoms with Crippen molar-refractivity contribution in [1.82, 2.24) is 4.90 Å². The van der Waals surface area contributed by atoms with E-state index in [1.165, 1.54) is 27.9 Å². The molecule has 1 atom stereocenters. The summed E-state index contributed by atoms with van der Waals surface area (Å²) < 4.78 is 31.6. The Morgan fingerprint density at radius 1 is 1.04 bits per heavy atom. The molecule has 1 amide bonds. The molecule has 0 aromatic heterocycles. The van der Waals surface area contributed by atoms with Gasteiger partial charge < -0.3 is 14.2 Å². The molecular formula is C20H30FNO5. The van der Waals surface area contributed by atoms with Crippen molar-refractivity contribution in [2.24, 2.45) is 5.41 Å². The van der Waals surface area contributed by atoms with Gasteiger partial charge in [-0.3, -0.25) is 0 Å². The Labute approximate surface area is 160 Å². The molecule has 0 bridgehead atoms. The molecule has 0 heterocycles. The summed E-state index contributed by atoms with van der Waals surface area (Å²) in [6.45, 7) is 8.89. The smallest absolute Gasteiger partial charge is 0.415 e. The van der Waals surface area contributed by atoms with Gasteiger partial charge in [-0.25, -0.2) is 18.9 Å². The van der Waals surface area contributed by atoms with Crippen LogP contribution in [-0.4, -0.2) is 42.2 Å². The van der Waals surface area contributed by atoms with Crippen LogP contribution in [0.25, 0.3) is 0 Å². The maximum Gasteiger partial charge on any atom is 0.415 e. The predicted octanol–water partition coefficient (Wildman–Crippen LogP) is 4.28. The number of benzene rings is 1. The first-order chi connectivity index (χ1) is 12.3. The summed E-state index contributed by atoms with van der Waals surface area (Å²) in [6.07, 6.45) is -1.00. The zero-order valence-electron chi connectivity index (χ0n) is 17.2. The van der Waals surface area contributed by atoms with E-state index < -0.39 is 35.6 Å². The van der Waals surface area contributed by atoms with Crippen LogP contribution in [0.15, 0.2) is 30.3 Å². The van der Waals surface area contributed by atoms with Gasteiger partial charge in [-0.05, 0) is 26.3 Å². The summed E-state index contributed by atoms with van der Waals surface area (Å²) in [5, 5.41) is 0. The van der Waals surface area contributed by atoms with E-state index in [1.807, 2.05) is 6.07 Å². The first kappa shape index (κ1) is 22.9. The first-order valence-corrected chi connectivity index (χ1v) is 8.72. The van der Waals surface area contributed by atoms with Crippen molar-refractivity contribution in [3.8, 4) is 0 Å². The average Bonchev–Trinajstić information content (AvgIpc) is 2.55. The second-order valence-corrected chi connectivity index (χ2v) is 8.26. The third-order valence-electron chi connectivity index (χ3n) is 3.72. The Balaban J connectivity index is 3.17. The van der Waals surface area contributed by atoms with E-state index in [0.717, 1.165) is 0 Å². The van der Waals surface area contributed by atoms with E-state index in [0.29, 0.717) is 10.5 Å². The fraction of sp³-hybridized carbons (Fsp3) is 0.600. The van der Waals surface area contributed by atoms with E-state index in [1.54, 1.807) is 45.0 Å². The highest BCUT2D eigenvalue weighted by atomic mass is 19.1. The van der Waals surface area contributed by atoms with Crippen molar-refractivity contribution < 1.29 is 28.2 Å². The Bertz CT molecular complexity index is 636. The van der Waals surface area contributed by atoms with Crippen molar-refractivity contribution in [3.05, 3.63) is 35.9 Å². The highest BCUT2D eigenvalue weighted by molar-refractivity contribution is 5.85. The maximum atomic E-state index is 16.1. The SMILES string of the molecule is COCN(C(=O)OC(C)(C)C)[C@](F)(C(=O)OCc1ccccc1)C(C)(C)C. The zero-order valence-corrected chi connectivity index (χ0v) is 17.2. The molecule has 1 aromatic rings. The number of rotatable bonds is 6. The lowest BCUT2D eigenvalue weighted by atomic mass is 9.83. The molecule has 0 saturated heterocycles. The van der Waals surface area contributed by atoms with Crippen LogP contribution in [0.1, 0.15) is 47.1 Å². The van der Waals surface area contributed by atoms with Gasteiger partial charge in [0.1, 0.15) is 18.9 Å². The van der Waals surface area contributed by atoms with Crippen LogP contribution in [0.4, 0.5) is 9.18 Å². The Morgan fingerprint density at radius 3 is 2.04 bits per heavy atom. The van der Waals surface area contributed by atoms with Gasteiger partial charge in [-0.2, -0.15) is 0 Å². The van der Waals surface area contributed by atoms with Gasteiger partial charge in [-0.15, -0.1) is 0 Å². The Kier molecular flexibility index (Phi) is 7.37. The van der Waals surface area contributed by atoms with Gasteiger partial charge in [0.05, 0.1) is 0 Å². The number of halogens is 1. The predicted molar refractivity (Wildman–Crippen MR) is 99.5 cm³/mol. The number of nitrogens with zero attached hydrogens (tertiary/aromatic N) is 1. The van der Waals surface area contributed by atoms with Gasteiger partial charge in [-0.1, -0.05) is 51.1 Å². The third-order valence-corrected chi connectivity index (χ3v) is 3.72. The normalized spacial score (nSPS) is 14.2. The summed E-state index contributed by atoms with van der Waals surface area (Å²) in [7, 11) is 1.30. The number of amides is 1. The van der Waals surface area contributed by atoms with Crippen LogP contribution in [0.2, 0.25) is 0 Å². The number of alkyl halides is 1.